The second-order valence-electron chi connectivity index (χ2n) is 5.12. The van der Waals surface area contributed by atoms with Gasteiger partial charge in [0.05, 0.1) is 6.10 Å². The Balaban J connectivity index is 2.05. The van der Waals surface area contributed by atoms with Crippen molar-refractivity contribution in [1.82, 2.24) is 9.97 Å². The van der Waals surface area contributed by atoms with Crippen LogP contribution in [0.25, 0.3) is 0 Å². The zero-order valence-corrected chi connectivity index (χ0v) is 11.8. The fraction of sp³-hybridized carbons (Fsp3) is 0.714. The molecular weight excluding hydrogens is 240 g/mol. The lowest BCUT2D eigenvalue weighted by Gasteiger charge is -2.16. The average Bonchev–Trinajstić information content (AvgIpc) is 3.23. The summed E-state index contributed by atoms with van der Waals surface area (Å²) in [4.78, 5) is 8.62. The summed E-state index contributed by atoms with van der Waals surface area (Å²) >= 11 is 0. The Kier molecular flexibility index (Phi) is 4.96. The van der Waals surface area contributed by atoms with Crippen molar-refractivity contribution in [2.24, 2.45) is 5.92 Å². The summed E-state index contributed by atoms with van der Waals surface area (Å²) in [6.07, 6.45) is 5.60. The van der Waals surface area contributed by atoms with Gasteiger partial charge in [-0.05, 0) is 32.1 Å². The van der Waals surface area contributed by atoms with Crippen LogP contribution in [0.1, 0.15) is 38.7 Å². The van der Waals surface area contributed by atoms with E-state index in [2.05, 4.69) is 34.4 Å². The molecule has 0 bridgehead atoms. The van der Waals surface area contributed by atoms with E-state index in [1.807, 2.05) is 0 Å². The normalized spacial score (nSPS) is 16.2. The van der Waals surface area contributed by atoms with Crippen LogP contribution in [0, 0.1) is 5.92 Å². The quantitative estimate of drug-likeness (QED) is 0.670. The van der Waals surface area contributed by atoms with Gasteiger partial charge in [-0.1, -0.05) is 13.3 Å². The molecule has 1 aromatic heterocycles. The molecule has 0 aliphatic heterocycles. The average molecular weight is 264 g/mol. The van der Waals surface area contributed by atoms with Gasteiger partial charge in [0, 0.05) is 18.7 Å². The van der Waals surface area contributed by atoms with Gasteiger partial charge < -0.3 is 15.7 Å². The maximum absolute atomic E-state index is 9.92. The number of hydrogen-bond donors (Lipinski definition) is 3. The number of nitrogens with one attached hydrogen (secondary N) is 2. The Bertz CT molecular complexity index is 406. The lowest BCUT2D eigenvalue weighted by atomic mass is 10.1. The van der Waals surface area contributed by atoms with Crippen LogP contribution >= 0.6 is 0 Å². The predicted octanol–water partition coefficient (Wildman–Crippen LogP) is 2.04. The van der Waals surface area contributed by atoms with Crippen molar-refractivity contribution in [2.45, 2.75) is 45.6 Å². The third kappa shape index (κ3) is 3.80. The Morgan fingerprint density at radius 1 is 1.26 bits per heavy atom. The number of nitrogens with zero attached hydrogens (tertiary/aromatic N) is 2. The van der Waals surface area contributed by atoms with Crippen LogP contribution in [0.4, 0.5) is 11.6 Å². The van der Waals surface area contributed by atoms with Crippen molar-refractivity contribution >= 4 is 11.6 Å². The molecule has 2 rings (SSSR count). The van der Waals surface area contributed by atoms with E-state index < -0.39 is 0 Å². The number of aliphatic hydroxyl groups is 1. The molecule has 5 heteroatoms. The Morgan fingerprint density at radius 3 is 2.53 bits per heavy atom. The van der Waals surface area contributed by atoms with Crippen molar-refractivity contribution < 1.29 is 5.11 Å². The van der Waals surface area contributed by atoms with Crippen LogP contribution in [-0.2, 0) is 6.42 Å². The highest BCUT2D eigenvalue weighted by molar-refractivity contribution is 5.57. The van der Waals surface area contributed by atoms with Gasteiger partial charge in [0.2, 0.25) is 0 Å². The van der Waals surface area contributed by atoms with Gasteiger partial charge in [-0.2, -0.15) is 0 Å². The van der Waals surface area contributed by atoms with Gasteiger partial charge in [0.15, 0.2) is 0 Å². The number of aromatic nitrogens is 2. The minimum absolute atomic E-state index is 0.257. The molecule has 5 nitrogen and oxygen atoms in total. The van der Waals surface area contributed by atoms with E-state index in [1.165, 1.54) is 0 Å². The van der Waals surface area contributed by atoms with Crippen LogP contribution in [0.15, 0.2) is 6.33 Å². The molecule has 1 unspecified atom stereocenters. The summed E-state index contributed by atoms with van der Waals surface area (Å²) in [5.41, 5.74) is 1.12. The molecule has 0 amide bonds. The molecule has 1 fully saturated rings. The van der Waals surface area contributed by atoms with Gasteiger partial charge in [0.1, 0.15) is 18.0 Å². The maximum Gasteiger partial charge on any atom is 0.134 e. The smallest absolute Gasteiger partial charge is 0.134 e. The zero-order chi connectivity index (χ0) is 13.7. The van der Waals surface area contributed by atoms with E-state index in [-0.39, 0.29) is 6.10 Å². The Labute approximate surface area is 114 Å². The van der Waals surface area contributed by atoms with Crippen molar-refractivity contribution in [3.63, 3.8) is 0 Å². The lowest BCUT2D eigenvalue weighted by Crippen LogP contribution is -2.22. The molecule has 1 heterocycles. The molecule has 0 spiro atoms. The van der Waals surface area contributed by atoms with E-state index in [9.17, 15) is 5.11 Å². The number of anilines is 2. The van der Waals surface area contributed by atoms with Crippen LogP contribution in [-0.4, -0.2) is 34.3 Å². The fourth-order valence-corrected chi connectivity index (χ4v) is 2.22. The first-order chi connectivity index (χ1) is 9.26. The summed E-state index contributed by atoms with van der Waals surface area (Å²) in [5.74, 6) is 2.24. The lowest BCUT2D eigenvalue weighted by molar-refractivity contribution is 0.164. The Morgan fingerprint density at radius 2 is 1.95 bits per heavy atom. The third-order valence-electron chi connectivity index (χ3n) is 3.43. The topological polar surface area (TPSA) is 70.1 Å². The highest BCUT2D eigenvalue weighted by Gasteiger charge is 2.29. The Hall–Kier alpha value is -1.36. The second kappa shape index (κ2) is 6.70. The molecule has 0 radical (unpaired) electrons. The molecule has 3 N–H and O–H groups in total. The summed E-state index contributed by atoms with van der Waals surface area (Å²) < 4.78 is 0. The van der Waals surface area contributed by atoms with E-state index in [1.54, 1.807) is 6.33 Å². The molecule has 1 atom stereocenters. The molecule has 0 aromatic carbocycles. The molecule has 106 valence electrons. The number of aliphatic hydroxyl groups excluding tert-OH is 1. The largest absolute Gasteiger partial charge is 0.391 e. The van der Waals surface area contributed by atoms with Gasteiger partial charge in [-0.15, -0.1) is 0 Å². The minimum Gasteiger partial charge on any atom is -0.391 e. The molecule has 1 aromatic rings. The van der Waals surface area contributed by atoms with Gasteiger partial charge >= 0.3 is 0 Å². The zero-order valence-electron chi connectivity index (χ0n) is 11.8. The van der Waals surface area contributed by atoms with Crippen molar-refractivity contribution in [1.29, 1.82) is 0 Å². The monoisotopic (exact) mass is 264 g/mol. The highest BCUT2D eigenvalue weighted by atomic mass is 16.3. The van der Waals surface area contributed by atoms with Crippen LogP contribution in [0.3, 0.4) is 0 Å². The van der Waals surface area contributed by atoms with Crippen LogP contribution in [0.5, 0.6) is 0 Å². The summed E-state index contributed by atoms with van der Waals surface area (Å²) in [6, 6.07) is 0. The minimum atomic E-state index is -0.257. The second-order valence-corrected chi connectivity index (χ2v) is 5.12. The predicted molar refractivity (Wildman–Crippen MR) is 77.4 cm³/mol. The summed E-state index contributed by atoms with van der Waals surface area (Å²) in [6.45, 7) is 5.62. The van der Waals surface area contributed by atoms with E-state index in [4.69, 9.17) is 0 Å². The van der Waals surface area contributed by atoms with E-state index in [0.29, 0.717) is 12.5 Å². The number of hydrogen-bond acceptors (Lipinski definition) is 5. The van der Waals surface area contributed by atoms with Crippen LogP contribution < -0.4 is 10.6 Å². The van der Waals surface area contributed by atoms with Crippen molar-refractivity contribution in [3.05, 3.63) is 11.9 Å². The first-order valence-electron chi connectivity index (χ1n) is 7.25. The summed E-state index contributed by atoms with van der Waals surface area (Å²) in [7, 11) is 0. The molecule has 0 saturated heterocycles. The molecule has 19 heavy (non-hydrogen) atoms. The molecule has 1 aliphatic carbocycles. The fourth-order valence-electron chi connectivity index (χ4n) is 2.22. The van der Waals surface area contributed by atoms with Gasteiger partial charge in [0.25, 0.3) is 0 Å². The number of rotatable bonds is 8. The first-order valence-corrected chi connectivity index (χ1v) is 7.25. The molecule has 1 aliphatic rings. The van der Waals surface area contributed by atoms with Crippen molar-refractivity contribution in [2.75, 3.05) is 23.7 Å². The molecule has 1 saturated carbocycles. The van der Waals surface area contributed by atoms with E-state index >= 15 is 0 Å². The standard InChI is InChI=1S/C14H24N4O/c1-3-5-11-13(15-4-2)17-9-18-14(11)16-8-12(19)10-6-7-10/h9-10,12,19H,3-8H2,1-2H3,(H2,15,16,17,18). The van der Waals surface area contributed by atoms with Gasteiger partial charge in [-0.3, -0.25) is 0 Å². The highest BCUT2D eigenvalue weighted by Crippen LogP contribution is 2.32. The summed E-state index contributed by atoms with van der Waals surface area (Å²) in [5, 5.41) is 16.5. The van der Waals surface area contributed by atoms with Crippen LogP contribution in [0.2, 0.25) is 0 Å². The van der Waals surface area contributed by atoms with E-state index in [0.717, 1.165) is 49.4 Å². The maximum atomic E-state index is 9.92. The van der Waals surface area contributed by atoms with Gasteiger partial charge in [-0.25, -0.2) is 9.97 Å². The van der Waals surface area contributed by atoms with Crippen molar-refractivity contribution in [3.8, 4) is 0 Å². The molecular formula is C14H24N4O. The SMILES string of the molecule is CCCc1c(NCC)ncnc1NCC(O)C1CC1. The third-order valence-corrected chi connectivity index (χ3v) is 3.43. The first kappa shape index (κ1) is 14.1.